The molecule has 3 rings (SSSR count). The van der Waals surface area contributed by atoms with Crippen molar-refractivity contribution in [2.75, 3.05) is 0 Å². The van der Waals surface area contributed by atoms with Crippen LogP contribution in [0.15, 0.2) is 0 Å². The van der Waals surface area contributed by atoms with Crippen molar-refractivity contribution < 1.29 is 93.8 Å². The Labute approximate surface area is 249 Å². The van der Waals surface area contributed by atoms with E-state index in [9.17, 15) is 109 Å². The van der Waals surface area contributed by atoms with Gasteiger partial charge in [-0.3, -0.25) is 30.3 Å². The second-order valence-electron chi connectivity index (χ2n) is 8.82. The van der Waals surface area contributed by atoms with E-state index >= 15 is 0 Å². The number of nitro groups is 3. The zero-order valence-electron chi connectivity index (χ0n) is 21.5. The molecule has 0 aliphatic carbocycles. The molecule has 3 heterocycles. The lowest BCUT2D eigenvalue weighted by atomic mass is 9.92. The van der Waals surface area contributed by atoms with E-state index in [4.69, 9.17) is 0 Å². The van der Waals surface area contributed by atoms with E-state index in [0.29, 0.717) is 0 Å². The molecule has 0 radical (unpaired) electrons. The van der Waals surface area contributed by atoms with E-state index in [2.05, 4.69) is 0 Å². The quantitative estimate of drug-likeness (QED) is 0.130. The average molecular weight is 756 g/mol. The van der Waals surface area contributed by atoms with Crippen LogP contribution in [0, 0.1) is 30.3 Å². The highest BCUT2D eigenvalue weighted by molar-refractivity contribution is 6.53. The lowest BCUT2D eigenvalue weighted by molar-refractivity contribution is -0.391. The van der Waals surface area contributed by atoms with Crippen LogP contribution < -0.4 is 0 Å². The summed E-state index contributed by atoms with van der Waals surface area (Å²) in [5, 5.41) is 39.6. The van der Waals surface area contributed by atoms with Crippen LogP contribution in [0.3, 0.4) is 0 Å². The third-order valence-corrected chi connectivity index (χ3v) is 5.74. The van der Waals surface area contributed by atoms with Crippen molar-refractivity contribution >= 4 is 24.2 Å². The van der Waals surface area contributed by atoms with Gasteiger partial charge in [-0.2, -0.15) is 79.0 Å². The first kappa shape index (κ1) is 38.1. The first-order valence-corrected chi connectivity index (χ1v) is 11.1. The van der Waals surface area contributed by atoms with Gasteiger partial charge in [0, 0.05) is 0 Å². The van der Waals surface area contributed by atoms with Crippen LogP contribution in [0.5, 0.6) is 0 Å². The molecule has 0 aliphatic heterocycles. The van der Waals surface area contributed by atoms with Gasteiger partial charge in [0.2, 0.25) is 17.1 Å². The largest absolute Gasteiger partial charge is 0.441 e. The molecule has 0 aromatic carbocycles. The summed E-state index contributed by atoms with van der Waals surface area (Å²) in [6, 6.07) is 0. The topological polar surface area (TPSA) is 183 Å². The van der Waals surface area contributed by atoms with E-state index in [0.717, 1.165) is 0 Å². The number of alkyl halides is 18. The predicted octanol–water partition coefficient (Wildman–Crippen LogP) is 5.78. The molecule has 34 heteroatoms. The maximum absolute atomic E-state index is 14.1. The molecule has 272 valence electrons. The third kappa shape index (κ3) is 6.68. The summed E-state index contributed by atoms with van der Waals surface area (Å²) >= 11 is 0. The molecule has 49 heavy (non-hydrogen) atoms. The van der Waals surface area contributed by atoms with Crippen molar-refractivity contribution in [3.8, 4) is 0 Å². The van der Waals surface area contributed by atoms with Crippen LogP contribution >= 0.6 is 0 Å². The Morgan fingerprint density at radius 1 is 0.408 bits per heavy atom. The SMILES string of the molecule is O=[N+]([O-])c1c(C(F)(F)F)nn([BH-](n2nc(C(F)(F)F)c([N+](=O)[O-])c2C(F)(F)F)n2nc(C(F)(F)F)c([N+](=O)[O-])c2C(F)(F)F)c1C(F)(F)F. The minimum atomic E-state index is -6.89. The maximum Gasteiger partial charge on any atom is 0.441 e. The first-order chi connectivity index (χ1) is 21.6. The molecule has 0 atom stereocenters. The zero-order chi connectivity index (χ0) is 38.4. The molecule has 0 aliphatic rings. The fourth-order valence-electron chi connectivity index (χ4n) is 4.29. The van der Waals surface area contributed by atoms with Gasteiger partial charge in [-0.25, -0.2) is 15.3 Å². The number of hydrogen-bond acceptors (Lipinski definition) is 9. The Morgan fingerprint density at radius 2 is 0.592 bits per heavy atom. The standard InChI is InChI=1S/C15HBF18N9O6/c17-10(18,19)4-1(41(44)45)7(13(26,27)28)38(35-4)16(39-8(14(29,30)31)2(42(46)47)5(36-39)11(20,21)22)40-9(15(32,33)34)3(43(48)49)6(37-40)12(23,24)25/h16H/q-1. The van der Waals surface area contributed by atoms with Crippen LogP contribution in [-0.4, -0.2) is 51.0 Å². The Bertz CT molecular complexity index is 1630. The minimum Gasteiger partial charge on any atom is -0.386 e. The van der Waals surface area contributed by atoms with Gasteiger partial charge in [0.05, 0.1) is 14.8 Å². The molecule has 0 amide bonds. The fourth-order valence-corrected chi connectivity index (χ4v) is 4.29. The molecule has 0 unspecified atom stereocenters. The predicted molar refractivity (Wildman–Crippen MR) is 110 cm³/mol. The van der Waals surface area contributed by atoms with Gasteiger partial charge in [-0.1, -0.05) is 0 Å². The van der Waals surface area contributed by atoms with Gasteiger partial charge in [0.1, 0.15) is 0 Å². The summed E-state index contributed by atoms with van der Waals surface area (Å²) in [5.74, 6) is 0. The Balaban J connectivity index is 2.94. The van der Waals surface area contributed by atoms with Crippen molar-refractivity contribution in [3.05, 3.63) is 64.5 Å². The molecule has 0 N–H and O–H groups in total. The number of nitrogens with zero attached hydrogens (tertiary/aromatic N) is 9. The van der Waals surface area contributed by atoms with Gasteiger partial charge < -0.3 is 13.8 Å². The van der Waals surface area contributed by atoms with Crippen LogP contribution in [0.2, 0.25) is 0 Å². The zero-order valence-corrected chi connectivity index (χ0v) is 21.5. The monoisotopic (exact) mass is 756 g/mol. The van der Waals surface area contributed by atoms with Crippen LogP contribution in [0.1, 0.15) is 34.2 Å². The summed E-state index contributed by atoms with van der Waals surface area (Å²) in [6.07, 6.45) is -40.5. The number of hydrogen-bond donors (Lipinski definition) is 0. The molecule has 0 fully saturated rings. The maximum atomic E-state index is 14.1. The van der Waals surface area contributed by atoms with Gasteiger partial charge in [-0.15, -0.1) is 0 Å². The molecule has 0 spiro atoms. The first-order valence-electron chi connectivity index (χ1n) is 11.1. The third-order valence-electron chi connectivity index (χ3n) is 5.74. The Kier molecular flexibility index (Phi) is 8.62. The number of rotatable bonds is 6. The smallest absolute Gasteiger partial charge is 0.386 e. The van der Waals surface area contributed by atoms with E-state index in [1.165, 1.54) is 0 Å². The van der Waals surface area contributed by atoms with Crippen molar-refractivity contribution in [1.29, 1.82) is 0 Å². The van der Waals surface area contributed by atoms with Gasteiger partial charge >= 0.3 is 61.2 Å². The molecule has 3 aromatic rings. The Morgan fingerprint density at radius 3 is 0.714 bits per heavy atom. The highest BCUT2D eigenvalue weighted by atomic mass is 19.4. The summed E-state index contributed by atoms with van der Waals surface area (Å²) in [5.41, 5.74) is -32.1. The molecular formula is C15HBF18N9O6-. The second-order valence-corrected chi connectivity index (χ2v) is 8.82. The van der Waals surface area contributed by atoms with Gasteiger partial charge in [0.15, 0.2) is 17.1 Å². The van der Waals surface area contributed by atoms with E-state index in [1.54, 1.807) is 0 Å². The van der Waals surface area contributed by atoms with E-state index in [1.807, 2.05) is 15.3 Å². The van der Waals surface area contributed by atoms with Crippen molar-refractivity contribution in [2.24, 2.45) is 0 Å². The normalized spacial score (nSPS) is 13.8. The van der Waals surface area contributed by atoms with Crippen molar-refractivity contribution in [1.82, 2.24) is 29.1 Å². The lowest BCUT2D eigenvalue weighted by Crippen LogP contribution is -2.49. The fraction of sp³-hybridized carbons (Fsp3) is 0.400. The van der Waals surface area contributed by atoms with E-state index in [-0.39, 0.29) is 0 Å². The molecule has 0 bridgehead atoms. The van der Waals surface area contributed by atoms with Crippen molar-refractivity contribution in [3.63, 3.8) is 0 Å². The summed E-state index contributed by atoms with van der Waals surface area (Å²) < 4.78 is 244. The highest BCUT2D eigenvalue weighted by Gasteiger charge is 2.58. The summed E-state index contributed by atoms with van der Waals surface area (Å²) in [7, 11) is -6.36. The van der Waals surface area contributed by atoms with Crippen LogP contribution in [0.4, 0.5) is 96.1 Å². The van der Waals surface area contributed by atoms with Crippen LogP contribution in [-0.2, 0) is 37.1 Å². The summed E-state index contributed by atoms with van der Waals surface area (Å²) in [4.78, 5) is 26.0. The molecule has 0 saturated heterocycles. The van der Waals surface area contributed by atoms with Gasteiger partial charge in [-0.05, 0) is 0 Å². The van der Waals surface area contributed by atoms with Crippen molar-refractivity contribution in [2.45, 2.75) is 37.1 Å². The van der Waals surface area contributed by atoms with Crippen LogP contribution in [0.25, 0.3) is 0 Å². The van der Waals surface area contributed by atoms with E-state index < -0.39 is 124 Å². The molecule has 15 nitrogen and oxygen atoms in total. The molecular weight excluding hydrogens is 755 g/mol. The molecule has 3 aromatic heterocycles. The highest BCUT2D eigenvalue weighted by Crippen LogP contribution is 2.49. The Hall–Kier alpha value is -5.37. The lowest BCUT2D eigenvalue weighted by Gasteiger charge is -2.31. The second kappa shape index (κ2) is 11.1. The molecule has 0 saturated carbocycles. The minimum absolute atomic E-state index is 1.87. The average Bonchev–Trinajstić information content (AvgIpc) is 3.55. The summed E-state index contributed by atoms with van der Waals surface area (Å²) in [6.45, 7) is 0. The number of aromatic nitrogens is 6. The number of halogens is 18. The van der Waals surface area contributed by atoms with Gasteiger partial charge in [0.25, 0.3) is 0 Å².